The molecule has 0 unspecified atom stereocenters. The molecule has 4 rings (SSSR count). The Morgan fingerprint density at radius 1 is 1.03 bits per heavy atom. The predicted molar refractivity (Wildman–Crippen MR) is 146 cm³/mol. The van der Waals surface area contributed by atoms with Crippen molar-refractivity contribution in [3.05, 3.63) is 95.9 Å². The summed E-state index contributed by atoms with van der Waals surface area (Å²) in [7, 11) is 1.56. The number of pyridine rings is 1. The van der Waals surface area contributed by atoms with Gasteiger partial charge in [-0.1, -0.05) is 18.2 Å². The van der Waals surface area contributed by atoms with Crippen LogP contribution >= 0.6 is 0 Å². The van der Waals surface area contributed by atoms with Crippen LogP contribution in [-0.2, 0) is 11.3 Å². The van der Waals surface area contributed by atoms with E-state index in [1.165, 1.54) is 11.5 Å². The summed E-state index contributed by atoms with van der Waals surface area (Å²) in [6, 6.07) is 16.5. The molecule has 2 N–H and O–H groups in total. The molecule has 0 saturated carbocycles. The van der Waals surface area contributed by atoms with Crippen molar-refractivity contribution in [3.63, 3.8) is 0 Å². The number of nitrogens with one attached hydrogen (secondary N) is 2. The smallest absolute Gasteiger partial charge is 0.323 e. The lowest BCUT2D eigenvalue weighted by Crippen LogP contribution is -2.26. The maximum absolute atomic E-state index is 13.3. The summed E-state index contributed by atoms with van der Waals surface area (Å²) >= 11 is 0. The summed E-state index contributed by atoms with van der Waals surface area (Å²) in [6.45, 7) is 8.09. The number of carbonyl (C=O) groups is 2. The van der Waals surface area contributed by atoms with Crippen LogP contribution in [0.5, 0.6) is 0 Å². The molecule has 4 aromatic rings. The first-order valence-electron chi connectivity index (χ1n) is 11.1. The minimum absolute atomic E-state index is 0. The molecule has 0 aliphatic heterocycles. The summed E-state index contributed by atoms with van der Waals surface area (Å²) in [5.74, 6) is 0.347. The molecule has 0 saturated heterocycles. The lowest BCUT2D eigenvalue weighted by atomic mass is 10.1. The van der Waals surface area contributed by atoms with Crippen molar-refractivity contribution in [3.8, 4) is 11.5 Å². The largest absolute Gasteiger partial charge is 0.383 e. The van der Waals surface area contributed by atoms with Gasteiger partial charge in [0.2, 0.25) is 0 Å². The summed E-state index contributed by atoms with van der Waals surface area (Å²) in [4.78, 5) is 46.4. The number of methoxy groups -OCH3 is 1. The third kappa shape index (κ3) is 6.08. The van der Waals surface area contributed by atoms with Crippen LogP contribution in [0.25, 0.3) is 22.4 Å². The Morgan fingerprint density at radius 3 is 2.44 bits per heavy atom. The highest BCUT2D eigenvalue weighted by Gasteiger charge is 2.15. The third-order valence-electron chi connectivity index (χ3n) is 5.15. The van der Waals surface area contributed by atoms with E-state index < -0.39 is 6.03 Å². The molecular formula is C27H31N5O4. The molecule has 2 aromatic carbocycles. The maximum atomic E-state index is 13.3. The number of ether oxygens (including phenoxy) is 1. The minimum Gasteiger partial charge on any atom is -0.383 e. The van der Waals surface area contributed by atoms with Crippen molar-refractivity contribution in [2.45, 2.75) is 13.5 Å². The average Bonchev–Trinajstić information content (AvgIpc) is 2.90. The van der Waals surface area contributed by atoms with Gasteiger partial charge in [-0.15, -0.1) is 13.2 Å². The normalized spacial score (nSPS) is 10.3. The van der Waals surface area contributed by atoms with Gasteiger partial charge in [0.15, 0.2) is 11.6 Å². The van der Waals surface area contributed by atoms with E-state index in [9.17, 15) is 14.4 Å². The SMILES string of the molecule is C=C.COCCn1c(-c2ccccn2)nc2ccc(NC(=O)Nc3cccc(C(C)=O)c3)cc2c1=O.[HH].[HH]. The lowest BCUT2D eigenvalue weighted by Gasteiger charge is -2.14. The molecule has 0 aliphatic carbocycles. The van der Waals surface area contributed by atoms with Crippen LogP contribution in [-0.4, -0.2) is 40.1 Å². The minimum atomic E-state index is -0.502. The first kappa shape index (κ1) is 26.0. The Kier molecular flexibility index (Phi) is 8.79. The van der Waals surface area contributed by atoms with Crippen LogP contribution in [0.3, 0.4) is 0 Å². The van der Waals surface area contributed by atoms with E-state index in [1.807, 2.05) is 6.07 Å². The van der Waals surface area contributed by atoms with Crippen LogP contribution in [0, 0.1) is 0 Å². The third-order valence-corrected chi connectivity index (χ3v) is 5.15. The van der Waals surface area contributed by atoms with Gasteiger partial charge in [0.05, 0.1) is 24.1 Å². The quantitative estimate of drug-likeness (QED) is 0.271. The van der Waals surface area contributed by atoms with Crippen LogP contribution < -0.4 is 16.2 Å². The number of benzene rings is 2. The molecule has 0 aliphatic rings. The van der Waals surface area contributed by atoms with E-state index in [0.717, 1.165) is 0 Å². The zero-order valence-corrected chi connectivity index (χ0v) is 20.2. The predicted octanol–water partition coefficient (Wildman–Crippen LogP) is 5.25. The standard InChI is InChI=1S/C25H23N5O4.C2H4.2H2/c1-16(31)17-6-5-7-18(14-17)27-25(33)28-19-9-10-21-20(15-19)24(32)30(12-13-34-2)23(29-21)22-8-3-4-11-26-22;1-2;;/h3-11,14-15H,12-13H2,1-2H3,(H2,27,28,33);1-2H2;2*1H. The number of amides is 2. The fourth-order valence-electron chi connectivity index (χ4n) is 3.49. The number of ketones is 1. The van der Waals surface area contributed by atoms with E-state index in [1.54, 1.807) is 67.9 Å². The van der Waals surface area contributed by atoms with Crippen molar-refractivity contribution < 1.29 is 17.2 Å². The summed E-state index contributed by atoms with van der Waals surface area (Å²) in [5, 5.41) is 5.77. The fraction of sp³-hybridized carbons (Fsp3) is 0.148. The fourth-order valence-corrected chi connectivity index (χ4v) is 3.49. The molecule has 36 heavy (non-hydrogen) atoms. The van der Waals surface area contributed by atoms with E-state index >= 15 is 0 Å². The van der Waals surface area contributed by atoms with Crippen molar-refractivity contribution in [2.24, 2.45) is 0 Å². The van der Waals surface area contributed by atoms with Crippen LogP contribution in [0.4, 0.5) is 16.2 Å². The zero-order valence-electron chi connectivity index (χ0n) is 20.2. The second-order valence-corrected chi connectivity index (χ2v) is 7.55. The topological polar surface area (TPSA) is 115 Å². The zero-order chi connectivity index (χ0) is 26.1. The van der Waals surface area contributed by atoms with E-state index in [2.05, 4.69) is 33.8 Å². The summed E-state index contributed by atoms with van der Waals surface area (Å²) < 4.78 is 6.68. The van der Waals surface area contributed by atoms with Gasteiger partial charge in [-0.05, 0) is 49.4 Å². The van der Waals surface area contributed by atoms with Crippen molar-refractivity contribution >= 4 is 34.1 Å². The first-order valence-corrected chi connectivity index (χ1v) is 11.1. The van der Waals surface area contributed by atoms with Gasteiger partial charge in [0, 0.05) is 33.1 Å². The highest BCUT2D eigenvalue weighted by Crippen LogP contribution is 2.20. The second-order valence-electron chi connectivity index (χ2n) is 7.55. The molecule has 0 spiro atoms. The molecule has 2 aromatic heterocycles. The number of anilines is 2. The molecule has 9 heteroatoms. The molecule has 0 fully saturated rings. The van der Waals surface area contributed by atoms with Gasteiger partial charge in [-0.3, -0.25) is 19.1 Å². The highest BCUT2D eigenvalue weighted by atomic mass is 16.5. The number of Topliss-reactive ketones (excluding diaryl/α,β-unsaturated/α-hetero) is 1. The van der Waals surface area contributed by atoms with Crippen molar-refractivity contribution in [1.82, 2.24) is 14.5 Å². The lowest BCUT2D eigenvalue weighted by molar-refractivity contribution is 0.101. The number of rotatable bonds is 7. The van der Waals surface area contributed by atoms with Crippen LogP contribution in [0.15, 0.2) is 84.8 Å². The Labute approximate surface area is 211 Å². The number of carbonyl (C=O) groups excluding carboxylic acids is 2. The van der Waals surface area contributed by atoms with E-state index in [4.69, 9.17) is 4.74 Å². The number of hydrogen-bond acceptors (Lipinski definition) is 6. The second kappa shape index (κ2) is 12.2. The first-order chi connectivity index (χ1) is 17.5. The number of hydrogen-bond donors (Lipinski definition) is 2. The Hall–Kier alpha value is -4.63. The van der Waals surface area contributed by atoms with Crippen molar-refractivity contribution in [1.29, 1.82) is 0 Å². The molecule has 9 nitrogen and oxygen atoms in total. The monoisotopic (exact) mass is 489 g/mol. The number of aromatic nitrogens is 3. The highest BCUT2D eigenvalue weighted by molar-refractivity contribution is 6.02. The number of fused-ring (bicyclic) bond motifs is 1. The Bertz CT molecular complexity index is 1440. The number of nitrogens with zero attached hydrogens (tertiary/aromatic N) is 3. The Morgan fingerprint density at radius 2 is 1.78 bits per heavy atom. The summed E-state index contributed by atoms with van der Waals surface area (Å²) in [6.07, 6.45) is 1.64. The molecule has 188 valence electrons. The van der Waals surface area contributed by atoms with Gasteiger partial charge < -0.3 is 15.4 Å². The molecule has 2 heterocycles. The number of urea groups is 1. The maximum Gasteiger partial charge on any atom is 0.323 e. The van der Waals surface area contributed by atoms with Gasteiger partial charge in [-0.2, -0.15) is 0 Å². The van der Waals surface area contributed by atoms with Gasteiger partial charge in [-0.25, -0.2) is 9.78 Å². The van der Waals surface area contributed by atoms with Crippen LogP contribution in [0.2, 0.25) is 0 Å². The summed E-state index contributed by atoms with van der Waals surface area (Å²) in [5.41, 5.74) is 2.20. The van der Waals surface area contributed by atoms with E-state index in [0.29, 0.717) is 52.5 Å². The van der Waals surface area contributed by atoms with Crippen LogP contribution in [0.1, 0.15) is 20.1 Å². The van der Waals surface area contributed by atoms with E-state index in [-0.39, 0.29) is 14.2 Å². The average molecular weight is 490 g/mol. The van der Waals surface area contributed by atoms with Crippen molar-refractivity contribution in [2.75, 3.05) is 24.4 Å². The molecule has 0 atom stereocenters. The molecule has 0 radical (unpaired) electrons. The van der Waals surface area contributed by atoms with Gasteiger partial charge >= 0.3 is 6.03 Å². The molecular weight excluding hydrogens is 458 g/mol. The molecule has 2 amide bonds. The van der Waals surface area contributed by atoms with Gasteiger partial charge in [0.25, 0.3) is 5.56 Å². The Balaban J connectivity index is 0.00000176. The van der Waals surface area contributed by atoms with Gasteiger partial charge in [0.1, 0.15) is 5.69 Å². The molecule has 0 bridgehead atoms.